The number of benzene rings is 1. The maximum atomic E-state index is 6.05. The molecule has 1 aromatic carbocycles. The van der Waals surface area contributed by atoms with Crippen molar-refractivity contribution in [1.29, 1.82) is 0 Å². The van der Waals surface area contributed by atoms with Gasteiger partial charge in [-0.25, -0.2) is 0 Å². The van der Waals surface area contributed by atoms with Gasteiger partial charge in [-0.2, -0.15) is 0 Å². The largest absolute Gasteiger partial charge is 0.379 e. The Morgan fingerprint density at radius 2 is 2.20 bits per heavy atom. The molecule has 0 aliphatic rings. The van der Waals surface area contributed by atoms with E-state index in [1.807, 2.05) is 12.1 Å². The Morgan fingerprint density at radius 1 is 1.47 bits per heavy atom. The third-order valence-electron chi connectivity index (χ3n) is 2.27. The van der Waals surface area contributed by atoms with E-state index in [1.165, 1.54) is 5.56 Å². The Kier molecular flexibility index (Phi) is 5.29. The molecule has 0 aliphatic heterocycles. The van der Waals surface area contributed by atoms with Crippen LogP contribution in [-0.2, 0) is 4.74 Å². The molecule has 1 atom stereocenters. The lowest BCUT2D eigenvalue weighted by molar-refractivity contribution is 0.121. The van der Waals surface area contributed by atoms with Gasteiger partial charge in [-0.05, 0) is 24.5 Å². The average Bonchev–Trinajstić information content (AvgIpc) is 2.22. The highest BCUT2D eigenvalue weighted by molar-refractivity contribution is 9.10. The summed E-state index contributed by atoms with van der Waals surface area (Å²) in [4.78, 5) is 0. The SMILES string of the molecule is CCCOCC(N)c1cccc(C)c1Br. The summed E-state index contributed by atoms with van der Waals surface area (Å²) < 4.78 is 6.54. The van der Waals surface area contributed by atoms with Gasteiger partial charge in [0.15, 0.2) is 0 Å². The molecule has 1 unspecified atom stereocenters. The minimum Gasteiger partial charge on any atom is -0.379 e. The lowest BCUT2D eigenvalue weighted by atomic mass is 10.1. The van der Waals surface area contributed by atoms with Gasteiger partial charge in [0.25, 0.3) is 0 Å². The minimum atomic E-state index is -0.0502. The van der Waals surface area contributed by atoms with Crippen molar-refractivity contribution in [3.05, 3.63) is 33.8 Å². The first-order valence-electron chi connectivity index (χ1n) is 5.25. The average molecular weight is 272 g/mol. The van der Waals surface area contributed by atoms with Gasteiger partial charge >= 0.3 is 0 Å². The number of nitrogens with two attached hydrogens (primary N) is 1. The van der Waals surface area contributed by atoms with Crippen molar-refractivity contribution in [2.75, 3.05) is 13.2 Å². The summed E-state index contributed by atoms with van der Waals surface area (Å²) in [6.45, 7) is 5.51. The van der Waals surface area contributed by atoms with Crippen molar-refractivity contribution >= 4 is 15.9 Å². The van der Waals surface area contributed by atoms with Crippen LogP contribution in [0.15, 0.2) is 22.7 Å². The summed E-state index contributed by atoms with van der Waals surface area (Å²) in [6, 6.07) is 6.07. The predicted octanol–water partition coefficient (Wildman–Crippen LogP) is 3.18. The summed E-state index contributed by atoms with van der Waals surface area (Å²) in [5.74, 6) is 0. The third kappa shape index (κ3) is 3.59. The molecular formula is C12H18BrNO. The van der Waals surface area contributed by atoms with Crippen LogP contribution in [0.5, 0.6) is 0 Å². The Labute approximate surface area is 99.9 Å². The van der Waals surface area contributed by atoms with Crippen LogP contribution in [0, 0.1) is 6.92 Å². The molecule has 1 aromatic rings. The van der Waals surface area contributed by atoms with Gasteiger partial charge in [0.05, 0.1) is 12.6 Å². The summed E-state index contributed by atoms with van der Waals surface area (Å²) in [5.41, 5.74) is 8.37. The number of halogens is 1. The maximum absolute atomic E-state index is 6.05. The molecule has 0 amide bonds. The van der Waals surface area contributed by atoms with E-state index in [0.29, 0.717) is 6.61 Å². The number of ether oxygens (including phenoxy) is 1. The highest BCUT2D eigenvalue weighted by Gasteiger charge is 2.10. The first-order chi connectivity index (χ1) is 7.16. The lowest BCUT2D eigenvalue weighted by Gasteiger charge is -2.15. The lowest BCUT2D eigenvalue weighted by Crippen LogP contribution is -2.18. The second-order valence-electron chi connectivity index (χ2n) is 3.66. The molecule has 0 aliphatic carbocycles. The predicted molar refractivity (Wildman–Crippen MR) is 66.9 cm³/mol. The summed E-state index contributed by atoms with van der Waals surface area (Å²) in [6.07, 6.45) is 1.03. The van der Waals surface area contributed by atoms with Crippen LogP contribution < -0.4 is 5.73 Å². The summed E-state index contributed by atoms with van der Waals surface area (Å²) in [7, 11) is 0. The van der Waals surface area contributed by atoms with E-state index in [2.05, 4.69) is 35.8 Å². The monoisotopic (exact) mass is 271 g/mol. The third-order valence-corrected chi connectivity index (χ3v) is 3.35. The zero-order chi connectivity index (χ0) is 11.3. The van der Waals surface area contributed by atoms with Crippen molar-refractivity contribution in [3.63, 3.8) is 0 Å². The normalized spacial score (nSPS) is 12.8. The smallest absolute Gasteiger partial charge is 0.0659 e. The first-order valence-corrected chi connectivity index (χ1v) is 6.04. The van der Waals surface area contributed by atoms with E-state index in [1.54, 1.807) is 0 Å². The van der Waals surface area contributed by atoms with E-state index < -0.39 is 0 Å². The fourth-order valence-electron chi connectivity index (χ4n) is 1.40. The van der Waals surface area contributed by atoms with E-state index in [-0.39, 0.29) is 6.04 Å². The first kappa shape index (κ1) is 12.7. The zero-order valence-electron chi connectivity index (χ0n) is 9.29. The summed E-state index contributed by atoms with van der Waals surface area (Å²) >= 11 is 3.55. The Morgan fingerprint density at radius 3 is 2.87 bits per heavy atom. The number of aryl methyl sites for hydroxylation is 1. The van der Waals surface area contributed by atoms with E-state index >= 15 is 0 Å². The van der Waals surface area contributed by atoms with Crippen LogP contribution >= 0.6 is 15.9 Å². The van der Waals surface area contributed by atoms with Gasteiger partial charge in [0.1, 0.15) is 0 Å². The van der Waals surface area contributed by atoms with Crippen molar-refractivity contribution in [1.82, 2.24) is 0 Å². The Hall–Kier alpha value is -0.380. The second-order valence-corrected chi connectivity index (χ2v) is 4.45. The summed E-state index contributed by atoms with van der Waals surface area (Å²) in [5, 5.41) is 0. The number of rotatable bonds is 5. The molecule has 0 bridgehead atoms. The van der Waals surface area contributed by atoms with Gasteiger partial charge in [0.2, 0.25) is 0 Å². The van der Waals surface area contributed by atoms with E-state index in [0.717, 1.165) is 23.1 Å². The zero-order valence-corrected chi connectivity index (χ0v) is 10.9. The Bertz CT molecular complexity index is 314. The van der Waals surface area contributed by atoms with Crippen molar-refractivity contribution in [3.8, 4) is 0 Å². The minimum absolute atomic E-state index is 0.0502. The van der Waals surface area contributed by atoms with E-state index in [4.69, 9.17) is 10.5 Å². The fourth-order valence-corrected chi connectivity index (χ4v) is 1.96. The number of hydrogen-bond acceptors (Lipinski definition) is 2. The van der Waals surface area contributed by atoms with Crippen LogP contribution in [0.25, 0.3) is 0 Å². The van der Waals surface area contributed by atoms with E-state index in [9.17, 15) is 0 Å². The standard InChI is InChI=1S/C12H18BrNO/c1-3-7-15-8-11(14)10-6-4-5-9(2)12(10)13/h4-6,11H,3,7-8,14H2,1-2H3. The topological polar surface area (TPSA) is 35.2 Å². The van der Waals surface area contributed by atoms with Gasteiger partial charge in [-0.3, -0.25) is 0 Å². The van der Waals surface area contributed by atoms with Crippen LogP contribution in [0.1, 0.15) is 30.5 Å². The molecule has 15 heavy (non-hydrogen) atoms. The highest BCUT2D eigenvalue weighted by Crippen LogP contribution is 2.25. The molecule has 84 valence electrons. The molecule has 0 radical (unpaired) electrons. The quantitative estimate of drug-likeness (QED) is 0.835. The Balaban J connectivity index is 2.65. The second kappa shape index (κ2) is 6.26. The molecule has 0 aromatic heterocycles. The molecule has 0 heterocycles. The van der Waals surface area contributed by atoms with Crippen molar-refractivity contribution in [2.24, 2.45) is 5.73 Å². The van der Waals surface area contributed by atoms with Crippen LogP contribution in [0.3, 0.4) is 0 Å². The molecule has 0 saturated heterocycles. The molecule has 0 spiro atoms. The molecule has 2 nitrogen and oxygen atoms in total. The van der Waals surface area contributed by atoms with Gasteiger partial charge < -0.3 is 10.5 Å². The van der Waals surface area contributed by atoms with Crippen LogP contribution in [0.4, 0.5) is 0 Å². The van der Waals surface area contributed by atoms with Crippen molar-refractivity contribution in [2.45, 2.75) is 26.3 Å². The molecule has 2 N–H and O–H groups in total. The molecule has 3 heteroatoms. The highest BCUT2D eigenvalue weighted by atomic mass is 79.9. The molecule has 1 rings (SSSR count). The van der Waals surface area contributed by atoms with Crippen LogP contribution in [0.2, 0.25) is 0 Å². The molecular weight excluding hydrogens is 254 g/mol. The van der Waals surface area contributed by atoms with Gasteiger partial charge in [-0.15, -0.1) is 0 Å². The van der Waals surface area contributed by atoms with Gasteiger partial charge in [-0.1, -0.05) is 41.1 Å². The maximum Gasteiger partial charge on any atom is 0.0659 e. The molecule has 0 saturated carbocycles. The van der Waals surface area contributed by atoms with Crippen molar-refractivity contribution < 1.29 is 4.74 Å². The van der Waals surface area contributed by atoms with Crippen LogP contribution in [-0.4, -0.2) is 13.2 Å². The number of hydrogen-bond donors (Lipinski definition) is 1. The van der Waals surface area contributed by atoms with Gasteiger partial charge in [0, 0.05) is 11.1 Å². The molecule has 0 fully saturated rings. The fraction of sp³-hybridized carbons (Fsp3) is 0.500.